The highest BCUT2D eigenvalue weighted by atomic mass is 79.9. The van der Waals surface area contributed by atoms with Crippen LogP contribution in [0.4, 0.5) is 17.5 Å². The molecule has 3 rings (SSSR count). The Kier molecular flexibility index (Phi) is 4.07. The Balaban J connectivity index is 1.79. The van der Waals surface area contributed by atoms with Gasteiger partial charge in [0.2, 0.25) is 5.95 Å². The summed E-state index contributed by atoms with van der Waals surface area (Å²) in [4.78, 5) is 8.74. The van der Waals surface area contributed by atoms with Crippen LogP contribution in [0, 0.1) is 0 Å². The lowest BCUT2D eigenvalue weighted by Crippen LogP contribution is -2.06. The largest absolute Gasteiger partial charge is 0.389 e. The van der Waals surface area contributed by atoms with Crippen molar-refractivity contribution in [2.24, 2.45) is 0 Å². The summed E-state index contributed by atoms with van der Waals surface area (Å²) in [5.41, 5.74) is 1.71. The minimum Gasteiger partial charge on any atom is -0.389 e. The quantitative estimate of drug-likeness (QED) is 0.769. The molecule has 1 atom stereocenters. The summed E-state index contributed by atoms with van der Waals surface area (Å²) in [5.74, 6) is 1.34. The van der Waals surface area contributed by atoms with Gasteiger partial charge in [-0.05, 0) is 53.4 Å². The van der Waals surface area contributed by atoms with Gasteiger partial charge >= 0.3 is 0 Å². The monoisotopic (exact) mass is 348 g/mol. The van der Waals surface area contributed by atoms with Crippen LogP contribution in [-0.4, -0.2) is 21.1 Å². The van der Waals surface area contributed by atoms with Crippen molar-refractivity contribution < 1.29 is 5.11 Å². The molecular formula is C15H17BrN4O. The highest BCUT2D eigenvalue weighted by Crippen LogP contribution is 2.29. The summed E-state index contributed by atoms with van der Waals surface area (Å²) >= 11 is 3.45. The maximum absolute atomic E-state index is 9.63. The molecule has 1 fully saturated rings. The first-order valence-corrected chi connectivity index (χ1v) is 7.75. The van der Waals surface area contributed by atoms with Gasteiger partial charge < -0.3 is 15.7 Å². The number of hydrogen-bond acceptors (Lipinski definition) is 5. The second-order valence-corrected chi connectivity index (χ2v) is 6.09. The minimum atomic E-state index is -0.496. The predicted octanol–water partition coefficient (Wildman–Crippen LogP) is 3.61. The number of aliphatic hydroxyl groups is 1. The van der Waals surface area contributed by atoms with E-state index in [1.165, 1.54) is 12.8 Å². The maximum Gasteiger partial charge on any atom is 0.229 e. The van der Waals surface area contributed by atoms with Crippen LogP contribution >= 0.6 is 15.9 Å². The van der Waals surface area contributed by atoms with Crippen molar-refractivity contribution in [3.8, 4) is 0 Å². The number of rotatable bonds is 5. The number of halogens is 1. The molecule has 0 saturated heterocycles. The average Bonchev–Trinajstić information content (AvgIpc) is 3.27. The maximum atomic E-state index is 9.63. The Bertz CT molecular complexity index is 643. The molecule has 0 radical (unpaired) electrons. The van der Waals surface area contributed by atoms with E-state index in [0.717, 1.165) is 21.5 Å². The number of anilines is 3. The standard InChI is InChI=1S/C15H17BrN4O/c1-9(21)10-3-2-4-12(7-10)19-15-17-8-13(16)14(20-15)18-11-5-6-11/h2-4,7-9,11,21H,5-6H2,1H3,(H2,17,18,19,20). The first-order valence-electron chi connectivity index (χ1n) is 6.96. The molecule has 0 amide bonds. The second-order valence-electron chi connectivity index (χ2n) is 5.24. The van der Waals surface area contributed by atoms with E-state index in [0.29, 0.717) is 12.0 Å². The van der Waals surface area contributed by atoms with Crippen LogP contribution < -0.4 is 10.6 Å². The molecule has 2 aromatic rings. The molecule has 21 heavy (non-hydrogen) atoms. The van der Waals surface area contributed by atoms with Gasteiger partial charge in [-0.25, -0.2) is 4.98 Å². The van der Waals surface area contributed by atoms with E-state index in [1.807, 2.05) is 24.3 Å². The minimum absolute atomic E-state index is 0.496. The van der Waals surface area contributed by atoms with Crippen molar-refractivity contribution in [3.05, 3.63) is 40.5 Å². The summed E-state index contributed by atoms with van der Waals surface area (Å²) < 4.78 is 0.859. The van der Waals surface area contributed by atoms with Gasteiger partial charge in [-0.3, -0.25) is 0 Å². The van der Waals surface area contributed by atoms with Gasteiger partial charge in [-0.15, -0.1) is 0 Å². The van der Waals surface area contributed by atoms with E-state index in [4.69, 9.17) is 0 Å². The number of aromatic nitrogens is 2. The normalized spacial score (nSPS) is 15.6. The van der Waals surface area contributed by atoms with Crippen molar-refractivity contribution >= 4 is 33.4 Å². The van der Waals surface area contributed by atoms with Crippen LogP contribution in [0.25, 0.3) is 0 Å². The predicted molar refractivity (Wildman–Crippen MR) is 86.7 cm³/mol. The summed E-state index contributed by atoms with van der Waals surface area (Å²) in [6.07, 6.45) is 3.62. The van der Waals surface area contributed by atoms with Crippen LogP contribution in [0.2, 0.25) is 0 Å². The van der Waals surface area contributed by atoms with Crippen LogP contribution in [-0.2, 0) is 0 Å². The van der Waals surface area contributed by atoms with Crippen LogP contribution in [0.15, 0.2) is 34.9 Å². The third-order valence-electron chi connectivity index (χ3n) is 3.29. The Morgan fingerprint density at radius 1 is 1.38 bits per heavy atom. The number of hydrogen-bond donors (Lipinski definition) is 3. The van der Waals surface area contributed by atoms with Gasteiger partial charge in [0.05, 0.1) is 10.6 Å². The summed E-state index contributed by atoms with van der Waals surface area (Å²) in [6.45, 7) is 1.74. The third-order valence-corrected chi connectivity index (χ3v) is 3.87. The van der Waals surface area contributed by atoms with Gasteiger partial charge in [0.15, 0.2) is 0 Å². The Morgan fingerprint density at radius 3 is 2.90 bits per heavy atom. The van der Waals surface area contributed by atoms with Crippen molar-refractivity contribution in [1.29, 1.82) is 0 Å². The second kappa shape index (κ2) is 5.99. The zero-order valence-electron chi connectivity index (χ0n) is 11.7. The van der Waals surface area contributed by atoms with Gasteiger partial charge in [-0.2, -0.15) is 4.98 Å². The lowest BCUT2D eigenvalue weighted by atomic mass is 10.1. The van der Waals surface area contributed by atoms with Gasteiger partial charge in [0.1, 0.15) is 5.82 Å². The molecule has 1 saturated carbocycles. The fourth-order valence-corrected chi connectivity index (χ4v) is 2.26. The number of nitrogens with one attached hydrogen (secondary N) is 2. The van der Waals surface area contributed by atoms with Gasteiger partial charge in [-0.1, -0.05) is 12.1 Å². The number of aliphatic hydroxyl groups excluding tert-OH is 1. The molecule has 1 aliphatic rings. The topological polar surface area (TPSA) is 70.1 Å². The number of nitrogens with zero attached hydrogens (tertiary/aromatic N) is 2. The van der Waals surface area contributed by atoms with Crippen molar-refractivity contribution in [2.45, 2.75) is 31.9 Å². The highest BCUT2D eigenvalue weighted by molar-refractivity contribution is 9.10. The molecule has 1 aliphatic carbocycles. The Hall–Kier alpha value is -1.66. The molecule has 5 nitrogen and oxygen atoms in total. The summed E-state index contributed by atoms with van der Waals surface area (Å²) in [7, 11) is 0. The average molecular weight is 349 g/mol. The summed E-state index contributed by atoms with van der Waals surface area (Å²) in [6, 6.07) is 8.13. The molecule has 0 bridgehead atoms. The van der Waals surface area contributed by atoms with E-state index in [1.54, 1.807) is 13.1 Å². The molecule has 0 aliphatic heterocycles. The smallest absolute Gasteiger partial charge is 0.229 e. The van der Waals surface area contributed by atoms with Crippen molar-refractivity contribution in [3.63, 3.8) is 0 Å². The lowest BCUT2D eigenvalue weighted by molar-refractivity contribution is 0.199. The molecule has 0 spiro atoms. The fourth-order valence-electron chi connectivity index (χ4n) is 1.95. The zero-order chi connectivity index (χ0) is 14.8. The van der Waals surface area contributed by atoms with E-state index in [-0.39, 0.29) is 0 Å². The molecule has 110 valence electrons. The van der Waals surface area contributed by atoms with Crippen LogP contribution in [0.1, 0.15) is 31.4 Å². The molecule has 1 aromatic heterocycles. The van der Waals surface area contributed by atoms with E-state index in [9.17, 15) is 5.11 Å². The molecule has 1 unspecified atom stereocenters. The fraction of sp³-hybridized carbons (Fsp3) is 0.333. The molecule has 1 aromatic carbocycles. The first kappa shape index (κ1) is 14.3. The van der Waals surface area contributed by atoms with Crippen LogP contribution in [0.3, 0.4) is 0 Å². The first-order chi connectivity index (χ1) is 10.1. The SMILES string of the molecule is CC(O)c1cccc(Nc2ncc(Br)c(NC3CC3)n2)c1. The highest BCUT2D eigenvalue weighted by Gasteiger charge is 2.22. The van der Waals surface area contributed by atoms with E-state index >= 15 is 0 Å². The number of benzene rings is 1. The van der Waals surface area contributed by atoms with E-state index < -0.39 is 6.10 Å². The Labute approximate surface area is 132 Å². The van der Waals surface area contributed by atoms with Crippen LogP contribution in [0.5, 0.6) is 0 Å². The summed E-state index contributed by atoms with van der Waals surface area (Å²) in [5, 5.41) is 16.2. The van der Waals surface area contributed by atoms with Gasteiger partial charge in [0.25, 0.3) is 0 Å². The molecule has 3 N–H and O–H groups in total. The molecular weight excluding hydrogens is 332 g/mol. The third kappa shape index (κ3) is 3.71. The zero-order valence-corrected chi connectivity index (χ0v) is 13.3. The van der Waals surface area contributed by atoms with E-state index in [2.05, 4.69) is 36.5 Å². The molecule has 1 heterocycles. The molecule has 6 heteroatoms. The van der Waals surface area contributed by atoms with Crippen molar-refractivity contribution in [2.75, 3.05) is 10.6 Å². The van der Waals surface area contributed by atoms with Crippen molar-refractivity contribution in [1.82, 2.24) is 9.97 Å². The van der Waals surface area contributed by atoms with Gasteiger partial charge in [0, 0.05) is 17.9 Å². The lowest BCUT2D eigenvalue weighted by Gasteiger charge is -2.11. The Morgan fingerprint density at radius 2 is 2.19 bits per heavy atom.